The van der Waals surface area contributed by atoms with Crippen molar-refractivity contribution in [3.8, 4) is 0 Å². The standard InChI is InChI=1S/C7H14F3NO2S2/c8-7(9,10)15(12,13)11-3-6-14-4-1-2-5-14/h11,14H,1-6H2. The first-order valence-electron chi connectivity index (χ1n) is 4.61. The quantitative estimate of drug-likeness (QED) is 0.751. The zero-order valence-corrected chi connectivity index (χ0v) is 9.76. The van der Waals surface area contributed by atoms with Gasteiger partial charge in [0.1, 0.15) is 0 Å². The predicted octanol–water partition coefficient (Wildman–Crippen LogP) is 1.22. The molecule has 0 aliphatic carbocycles. The van der Waals surface area contributed by atoms with Gasteiger partial charge in [-0.15, -0.1) is 0 Å². The van der Waals surface area contributed by atoms with Gasteiger partial charge in [-0.25, -0.2) is 13.1 Å². The number of sulfonamides is 1. The van der Waals surface area contributed by atoms with E-state index in [0.29, 0.717) is 5.75 Å². The van der Waals surface area contributed by atoms with Crippen molar-refractivity contribution in [3.63, 3.8) is 0 Å². The lowest BCUT2D eigenvalue weighted by Gasteiger charge is -2.14. The van der Waals surface area contributed by atoms with Gasteiger partial charge >= 0.3 is 15.5 Å². The van der Waals surface area contributed by atoms with Crippen LogP contribution in [0.2, 0.25) is 0 Å². The lowest BCUT2D eigenvalue weighted by atomic mass is 10.4. The number of hydrogen-bond acceptors (Lipinski definition) is 2. The Morgan fingerprint density at radius 2 is 1.73 bits per heavy atom. The Hall–Kier alpha value is 0.0500. The van der Waals surface area contributed by atoms with E-state index < -0.39 is 15.5 Å². The highest BCUT2D eigenvalue weighted by Gasteiger charge is 2.45. The minimum Gasteiger partial charge on any atom is -0.252 e. The van der Waals surface area contributed by atoms with Gasteiger partial charge in [0.05, 0.1) is 0 Å². The largest absolute Gasteiger partial charge is 0.511 e. The molecule has 1 aliphatic heterocycles. The zero-order chi connectivity index (χ0) is 11.5. The molecule has 1 heterocycles. The molecular weight excluding hydrogens is 251 g/mol. The fourth-order valence-corrected chi connectivity index (χ4v) is 4.55. The van der Waals surface area contributed by atoms with Gasteiger partial charge in [0.25, 0.3) is 0 Å². The molecule has 0 amide bonds. The molecule has 0 aromatic carbocycles. The van der Waals surface area contributed by atoms with Gasteiger partial charge in [-0.3, -0.25) is 10.9 Å². The molecule has 8 heteroatoms. The molecule has 92 valence electrons. The highest BCUT2D eigenvalue weighted by molar-refractivity contribution is 8.17. The van der Waals surface area contributed by atoms with E-state index >= 15 is 0 Å². The van der Waals surface area contributed by atoms with Crippen LogP contribution in [0, 0.1) is 0 Å². The third kappa shape index (κ3) is 3.84. The molecule has 0 unspecified atom stereocenters. The molecule has 0 aromatic heterocycles. The summed E-state index contributed by atoms with van der Waals surface area (Å²) in [4.78, 5) is 0. The van der Waals surface area contributed by atoms with Crippen molar-refractivity contribution in [1.29, 1.82) is 0 Å². The Labute approximate surface area is 89.8 Å². The summed E-state index contributed by atoms with van der Waals surface area (Å²) < 4.78 is 58.4. The van der Waals surface area contributed by atoms with Crippen molar-refractivity contribution in [3.05, 3.63) is 0 Å². The zero-order valence-electron chi connectivity index (χ0n) is 8.05. The van der Waals surface area contributed by atoms with Crippen LogP contribution < -0.4 is 4.72 Å². The van der Waals surface area contributed by atoms with Crippen LogP contribution in [0.15, 0.2) is 0 Å². The number of rotatable bonds is 4. The van der Waals surface area contributed by atoms with E-state index in [1.165, 1.54) is 0 Å². The molecule has 0 saturated carbocycles. The number of nitrogens with one attached hydrogen (secondary N) is 1. The van der Waals surface area contributed by atoms with Crippen LogP contribution in [-0.4, -0.2) is 37.7 Å². The maximum atomic E-state index is 11.9. The summed E-state index contributed by atoms with van der Waals surface area (Å²) in [7, 11) is -5.36. The maximum absolute atomic E-state index is 11.9. The van der Waals surface area contributed by atoms with Crippen molar-refractivity contribution in [2.24, 2.45) is 0 Å². The van der Waals surface area contributed by atoms with Crippen molar-refractivity contribution in [2.75, 3.05) is 23.8 Å². The molecule has 1 saturated heterocycles. The van der Waals surface area contributed by atoms with E-state index in [9.17, 15) is 21.6 Å². The van der Waals surface area contributed by atoms with E-state index in [0.717, 1.165) is 24.3 Å². The molecule has 0 bridgehead atoms. The maximum Gasteiger partial charge on any atom is 0.511 e. The summed E-state index contributed by atoms with van der Waals surface area (Å²) >= 11 is 0. The molecule has 1 aliphatic rings. The van der Waals surface area contributed by atoms with E-state index in [-0.39, 0.29) is 17.4 Å². The van der Waals surface area contributed by atoms with Gasteiger partial charge < -0.3 is 0 Å². The topological polar surface area (TPSA) is 46.2 Å². The third-order valence-corrected chi connectivity index (χ3v) is 6.17. The highest BCUT2D eigenvalue weighted by atomic mass is 32.2. The Kier molecular flexibility index (Phi) is 4.30. The van der Waals surface area contributed by atoms with Crippen LogP contribution in [0.1, 0.15) is 12.8 Å². The summed E-state index contributed by atoms with van der Waals surface area (Å²) in [6.07, 6.45) is 2.25. The molecule has 0 aromatic rings. The minimum atomic E-state index is -5.18. The van der Waals surface area contributed by atoms with Gasteiger partial charge in [-0.2, -0.15) is 13.2 Å². The average Bonchev–Trinajstić information content (AvgIpc) is 2.54. The SMILES string of the molecule is O=S(=O)(NCC[SH]1CCCC1)C(F)(F)F. The predicted molar refractivity (Wildman–Crippen MR) is 55.8 cm³/mol. The van der Waals surface area contributed by atoms with E-state index in [1.54, 1.807) is 4.72 Å². The molecule has 1 fully saturated rings. The first-order valence-corrected chi connectivity index (χ1v) is 7.99. The van der Waals surface area contributed by atoms with Crippen LogP contribution in [0.25, 0.3) is 0 Å². The van der Waals surface area contributed by atoms with Crippen molar-refractivity contribution >= 4 is 20.9 Å². The first-order chi connectivity index (χ1) is 6.83. The molecule has 0 atom stereocenters. The highest BCUT2D eigenvalue weighted by Crippen LogP contribution is 2.33. The van der Waals surface area contributed by atoms with Crippen molar-refractivity contribution in [2.45, 2.75) is 18.3 Å². The van der Waals surface area contributed by atoms with Crippen LogP contribution >= 0.6 is 10.9 Å². The molecule has 3 nitrogen and oxygen atoms in total. The molecule has 15 heavy (non-hydrogen) atoms. The Morgan fingerprint density at radius 3 is 2.20 bits per heavy atom. The van der Waals surface area contributed by atoms with Crippen LogP contribution in [0.5, 0.6) is 0 Å². The van der Waals surface area contributed by atoms with Crippen LogP contribution in [0.4, 0.5) is 13.2 Å². The summed E-state index contributed by atoms with van der Waals surface area (Å²) in [5.41, 5.74) is -5.18. The monoisotopic (exact) mass is 265 g/mol. The number of thiol groups is 1. The Bertz CT molecular complexity index is 296. The lowest BCUT2D eigenvalue weighted by molar-refractivity contribution is -0.0447. The average molecular weight is 265 g/mol. The van der Waals surface area contributed by atoms with E-state index in [2.05, 4.69) is 0 Å². The normalized spacial score (nSPS) is 20.9. The Balaban J connectivity index is 2.30. The fraction of sp³-hybridized carbons (Fsp3) is 1.00. The second-order valence-electron chi connectivity index (χ2n) is 3.39. The second kappa shape index (κ2) is 4.92. The first kappa shape index (κ1) is 13.1. The minimum absolute atomic E-state index is 0.0897. The van der Waals surface area contributed by atoms with Crippen molar-refractivity contribution < 1.29 is 21.6 Å². The molecule has 0 spiro atoms. The molecule has 0 radical (unpaired) electrons. The summed E-state index contributed by atoms with van der Waals surface area (Å²) in [6.45, 7) is -0.0897. The number of hydrogen-bond donors (Lipinski definition) is 2. The summed E-state index contributed by atoms with van der Waals surface area (Å²) in [5.74, 6) is 2.68. The fourth-order valence-electron chi connectivity index (χ4n) is 1.43. The lowest BCUT2D eigenvalue weighted by Crippen LogP contribution is -2.37. The smallest absolute Gasteiger partial charge is 0.252 e. The van der Waals surface area contributed by atoms with Gasteiger partial charge in [-0.1, -0.05) is 0 Å². The number of halogens is 3. The summed E-state index contributed by atoms with van der Waals surface area (Å²) in [5, 5.41) is 0. The third-order valence-electron chi connectivity index (χ3n) is 2.22. The number of alkyl halides is 3. The molecule has 1 rings (SSSR count). The van der Waals surface area contributed by atoms with Gasteiger partial charge in [0.2, 0.25) is 0 Å². The van der Waals surface area contributed by atoms with E-state index in [1.807, 2.05) is 0 Å². The van der Waals surface area contributed by atoms with Crippen LogP contribution in [0.3, 0.4) is 0 Å². The second-order valence-corrected chi connectivity index (χ2v) is 7.83. The van der Waals surface area contributed by atoms with Crippen molar-refractivity contribution in [1.82, 2.24) is 4.72 Å². The Morgan fingerprint density at radius 1 is 1.20 bits per heavy atom. The molecular formula is C7H14F3NO2S2. The summed E-state index contributed by atoms with van der Waals surface area (Å²) in [6, 6.07) is 0. The van der Waals surface area contributed by atoms with Gasteiger partial charge in [-0.05, 0) is 30.1 Å². The van der Waals surface area contributed by atoms with E-state index in [4.69, 9.17) is 0 Å². The van der Waals surface area contributed by atoms with Crippen LogP contribution in [-0.2, 0) is 10.0 Å². The van der Waals surface area contributed by atoms with Gasteiger partial charge in [0.15, 0.2) is 0 Å². The van der Waals surface area contributed by atoms with Gasteiger partial charge in [0, 0.05) is 6.54 Å². The molecule has 1 N–H and O–H groups in total.